The zero-order valence-electron chi connectivity index (χ0n) is 10.3. The molecule has 16 heavy (non-hydrogen) atoms. The first-order valence-corrected chi connectivity index (χ1v) is 5.48. The summed E-state index contributed by atoms with van der Waals surface area (Å²) in [7, 11) is 3.25. The normalized spacial score (nSPS) is 17.1. The number of aliphatic hydroxyl groups is 1. The molecular weight excluding hydrogens is 204 g/mol. The van der Waals surface area contributed by atoms with E-state index >= 15 is 0 Å². The van der Waals surface area contributed by atoms with Crippen LogP contribution in [0, 0.1) is 13.8 Å². The van der Waals surface area contributed by atoms with Gasteiger partial charge in [0.1, 0.15) is 0 Å². The van der Waals surface area contributed by atoms with Gasteiger partial charge in [0.05, 0.1) is 19.8 Å². The van der Waals surface area contributed by atoms with Crippen LogP contribution in [0.25, 0.3) is 0 Å². The molecule has 1 aromatic rings. The molecule has 3 heteroatoms. The monoisotopic (exact) mass is 222 g/mol. The first-order valence-electron chi connectivity index (χ1n) is 5.48. The Morgan fingerprint density at radius 3 is 2.19 bits per heavy atom. The molecule has 0 unspecified atom stereocenters. The van der Waals surface area contributed by atoms with Crippen LogP contribution in [0.15, 0.2) is 6.07 Å². The molecule has 0 amide bonds. The number of hydrogen-bond donors (Lipinski definition) is 1. The summed E-state index contributed by atoms with van der Waals surface area (Å²) in [6, 6.07) is 1.90. The van der Waals surface area contributed by atoms with Gasteiger partial charge in [0.15, 0.2) is 11.5 Å². The molecule has 0 saturated heterocycles. The Morgan fingerprint density at radius 2 is 1.75 bits per heavy atom. The number of benzene rings is 1. The Kier molecular flexibility index (Phi) is 2.58. The summed E-state index contributed by atoms with van der Waals surface area (Å²) in [4.78, 5) is 0. The van der Waals surface area contributed by atoms with Crippen LogP contribution < -0.4 is 9.47 Å². The number of ether oxygens (including phenoxy) is 2. The minimum atomic E-state index is -0.631. The van der Waals surface area contributed by atoms with Crippen LogP contribution in [0.2, 0.25) is 0 Å². The first-order chi connectivity index (χ1) is 7.53. The molecule has 1 aliphatic carbocycles. The third-order valence-corrected chi connectivity index (χ3v) is 3.46. The van der Waals surface area contributed by atoms with Gasteiger partial charge in [-0.25, -0.2) is 0 Å². The Labute approximate surface area is 96.0 Å². The lowest BCUT2D eigenvalue weighted by Crippen LogP contribution is -2.09. The highest BCUT2D eigenvalue weighted by molar-refractivity contribution is 5.55. The third kappa shape index (κ3) is 1.55. The molecule has 0 aliphatic heterocycles. The molecule has 88 valence electrons. The van der Waals surface area contributed by atoms with Gasteiger partial charge >= 0.3 is 0 Å². The highest BCUT2D eigenvalue weighted by Crippen LogP contribution is 2.49. The molecule has 0 spiro atoms. The largest absolute Gasteiger partial charge is 0.493 e. The quantitative estimate of drug-likeness (QED) is 0.852. The van der Waals surface area contributed by atoms with Gasteiger partial charge in [-0.1, -0.05) is 0 Å². The smallest absolute Gasteiger partial charge is 0.163 e. The van der Waals surface area contributed by atoms with Crippen LogP contribution >= 0.6 is 0 Å². The molecular formula is C13H18O3. The van der Waals surface area contributed by atoms with E-state index in [2.05, 4.69) is 0 Å². The van der Waals surface area contributed by atoms with Crippen LogP contribution in [0.4, 0.5) is 0 Å². The molecule has 0 heterocycles. The molecule has 1 N–H and O–H groups in total. The van der Waals surface area contributed by atoms with E-state index in [1.54, 1.807) is 14.2 Å². The Bertz CT molecular complexity index is 420. The van der Waals surface area contributed by atoms with Crippen LogP contribution in [-0.4, -0.2) is 19.3 Å². The summed E-state index contributed by atoms with van der Waals surface area (Å²) < 4.78 is 10.6. The van der Waals surface area contributed by atoms with E-state index in [0.717, 1.165) is 35.3 Å². The maximum absolute atomic E-state index is 10.2. The van der Waals surface area contributed by atoms with Crippen molar-refractivity contribution in [3.05, 3.63) is 22.8 Å². The van der Waals surface area contributed by atoms with Crippen molar-refractivity contribution < 1.29 is 14.6 Å². The molecule has 2 rings (SSSR count). The van der Waals surface area contributed by atoms with Crippen LogP contribution in [0.1, 0.15) is 29.5 Å². The van der Waals surface area contributed by atoms with Crippen molar-refractivity contribution in [2.45, 2.75) is 32.3 Å². The predicted octanol–water partition coefficient (Wildman–Crippen LogP) is 2.30. The van der Waals surface area contributed by atoms with Gasteiger partial charge in [-0.2, -0.15) is 0 Å². The second-order valence-electron chi connectivity index (χ2n) is 4.44. The summed E-state index contributed by atoms with van der Waals surface area (Å²) in [5, 5.41) is 10.2. The van der Waals surface area contributed by atoms with Crippen molar-refractivity contribution in [2.24, 2.45) is 0 Å². The topological polar surface area (TPSA) is 38.7 Å². The van der Waals surface area contributed by atoms with Crippen molar-refractivity contribution in [3.8, 4) is 11.5 Å². The van der Waals surface area contributed by atoms with E-state index < -0.39 is 5.60 Å². The SMILES string of the molecule is COc1cc(C2(O)CC2)c(C)c(C)c1OC. The minimum Gasteiger partial charge on any atom is -0.493 e. The zero-order valence-corrected chi connectivity index (χ0v) is 10.3. The van der Waals surface area contributed by atoms with Crippen molar-refractivity contribution in [1.29, 1.82) is 0 Å². The summed E-state index contributed by atoms with van der Waals surface area (Å²) in [5.74, 6) is 1.45. The van der Waals surface area contributed by atoms with E-state index in [4.69, 9.17) is 9.47 Å². The highest BCUT2D eigenvalue weighted by atomic mass is 16.5. The third-order valence-electron chi connectivity index (χ3n) is 3.46. The second kappa shape index (κ2) is 3.67. The lowest BCUT2D eigenvalue weighted by atomic mass is 9.96. The standard InChI is InChI=1S/C13H18O3/c1-8-9(2)12(16-4)11(15-3)7-10(8)13(14)5-6-13/h7,14H,5-6H2,1-4H3. The molecule has 0 atom stereocenters. The van der Waals surface area contributed by atoms with E-state index in [1.165, 1.54) is 0 Å². The van der Waals surface area contributed by atoms with Gasteiger partial charge in [-0.15, -0.1) is 0 Å². The van der Waals surface area contributed by atoms with Gasteiger partial charge in [-0.3, -0.25) is 0 Å². The lowest BCUT2D eigenvalue weighted by molar-refractivity contribution is 0.150. The summed E-state index contributed by atoms with van der Waals surface area (Å²) in [6.45, 7) is 4.01. The number of methoxy groups -OCH3 is 2. The van der Waals surface area contributed by atoms with E-state index in [9.17, 15) is 5.11 Å². The highest BCUT2D eigenvalue weighted by Gasteiger charge is 2.44. The van der Waals surface area contributed by atoms with Gasteiger partial charge in [-0.05, 0) is 49.4 Å². The van der Waals surface area contributed by atoms with Crippen molar-refractivity contribution in [2.75, 3.05) is 14.2 Å². The fourth-order valence-corrected chi connectivity index (χ4v) is 2.14. The number of hydrogen-bond acceptors (Lipinski definition) is 3. The maximum atomic E-state index is 10.2. The Hall–Kier alpha value is -1.22. The number of rotatable bonds is 3. The molecule has 1 saturated carbocycles. The molecule has 0 aromatic heterocycles. The van der Waals surface area contributed by atoms with E-state index in [0.29, 0.717) is 5.75 Å². The first kappa shape index (κ1) is 11.3. The molecule has 1 aromatic carbocycles. The Balaban J connectivity index is 2.60. The van der Waals surface area contributed by atoms with Crippen LogP contribution in [-0.2, 0) is 5.60 Å². The van der Waals surface area contributed by atoms with Gasteiger partial charge in [0.2, 0.25) is 0 Å². The molecule has 1 fully saturated rings. The van der Waals surface area contributed by atoms with Crippen molar-refractivity contribution in [3.63, 3.8) is 0 Å². The van der Waals surface area contributed by atoms with Crippen LogP contribution in [0.5, 0.6) is 11.5 Å². The zero-order chi connectivity index (χ0) is 11.9. The van der Waals surface area contributed by atoms with E-state index in [-0.39, 0.29) is 0 Å². The summed E-state index contributed by atoms with van der Waals surface area (Å²) in [5.41, 5.74) is 2.48. The van der Waals surface area contributed by atoms with Crippen LogP contribution in [0.3, 0.4) is 0 Å². The van der Waals surface area contributed by atoms with Crippen molar-refractivity contribution in [1.82, 2.24) is 0 Å². The maximum Gasteiger partial charge on any atom is 0.163 e. The molecule has 0 radical (unpaired) electrons. The summed E-state index contributed by atoms with van der Waals surface area (Å²) >= 11 is 0. The Morgan fingerprint density at radius 1 is 1.12 bits per heavy atom. The molecule has 1 aliphatic rings. The average Bonchev–Trinajstić information content (AvgIpc) is 3.01. The summed E-state index contributed by atoms with van der Waals surface area (Å²) in [6.07, 6.45) is 1.67. The van der Waals surface area contributed by atoms with Gasteiger partial charge in [0, 0.05) is 0 Å². The van der Waals surface area contributed by atoms with E-state index in [1.807, 2.05) is 19.9 Å². The van der Waals surface area contributed by atoms with Crippen molar-refractivity contribution >= 4 is 0 Å². The fourth-order valence-electron chi connectivity index (χ4n) is 2.14. The molecule has 0 bridgehead atoms. The van der Waals surface area contributed by atoms with Gasteiger partial charge in [0.25, 0.3) is 0 Å². The lowest BCUT2D eigenvalue weighted by Gasteiger charge is -2.19. The fraction of sp³-hybridized carbons (Fsp3) is 0.538. The predicted molar refractivity (Wildman–Crippen MR) is 62.2 cm³/mol. The molecule has 3 nitrogen and oxygen atoms in total. The minimum absolute atomic E-state index is 0.631. The average molecular weight is 222 g/mol. The second-order valence-corrected chi connectivity index (χ2v) is 4.44. The van der Waals surface area contributed by atoms with Gasteiger partial charge < -0.3 is 14.6 Å².